The lowest BCUT2D eigenvalue weighted by Crippen LogP contribution is -2.45. The quantitative estimate of drug-likeness (QED) is 0.0320. The summed E-state index contributed by atoms with van der Waals surface area (Å²) in [7, 11) is 0. The van der Waals surface area contributed by atoms with Crippen molar-refractivity contribution in [3.8, 4) is 0 Å². The van der Waals surface area contributed by atoms with Crippen molar-refractivity contribution >= 4 is 11.9 Å². The van der Waals surface area contributed by atoms with Gasteiger partial charge in [0.1, 0.15) is 0 Å². The van der Waals surface area contributed by atoms with E-state index >= 15 is 0 Å². The Balaban J connectivity index is 3.32. The number of ether oxygens (including phenoxy) is 1. The van der Waals surface area contributed by atoms with Gasteiger partial charge in [0.05, 0.1) is 25.4 Å². The summed E-state index contributed by atoms with van der Waals surface area (Å²) in [5, 5.41) is 23.0. The Labute approximate surface area is 486 Å². The summed E-state index contributed by atoms with van der Waals surface area (Å²) < 4.78 is 5.48. The molecule has 0 heterocycles. The molecule has 0 fully saturated rings. The number of aliphatic hydroxyl groups is 2. The lowest BCUT2D eigenvalue weighted by atomic mass is 10.0. The average molecular weight is 1090 g/mol. The number of unbranched alkanes of at least 4 members (excludes halogenated alkanes) is 48. The lowest BCUT2D eigenvalue weighted by Gasteiger charge is -2.20. The van der Waals surface area contributed by atoms with Gasteiger partial charge in [-0.05, 0) is 83.5 Å². The Kier molecular flexibility index (Phi) is 65.4. The van der Waals surface area contributed by atoms with E-state index < -0.39 is 12.1 Å². The first-order chi connectivity index (χ1) is 38.5. The van der Waals surface area contributed by atoms with E-state index in [-0.39, 0.29) is 18.5 Å². The molecule has 0 aromatic rings. The highest BCUT2D eigenvalue weighted by atomic mass is 16.5. The molecular formula is C72H135NO5. The third kappa shape index (κ3) is 63.0. The Hall–Kier alpha value is -2.18. The van der Waals surface area contributed by atoms with E-state index in [9.17, 15) is 19.8 Å². The van der Waals surface area contributed by atoms with Crippen LogP contribution >= 0.6 is 0 Å². The summed E-state index contributed by atoms with van der Waals surface area (Å²) in [5.74, 6) is -0.0586. The van der Waals surface area contributed by atoms with Crippen molar-refractivity contribution in [2.75, 3.05) is 13.2 Å². The largest absolute Gasteiger partial charge is 0.466 e. The van der Waals surface area contributed by atoms with Crippen LogP contribution in [0.25, 0.3) is 0 Å². The van der Waals surface area contributed by atoms with Crippen molar-refractivity contribution in [2.24, 2.45) is 0 Å². The molecule has 3 N–H and O–H groups in total. The summed E-state index contributed by atoms with van der Waals surface area (Å²) in [6.45, 7) is 4.86. The number of allylic oxidation sites excluding steroid dienone is 7. The van der Waals surface area contributed by atoms with Crippen LogP contribution in [0.1, 0.15) is 373 Å². The molecule has 0 rings (SSSR count). The molecule has 0 aliphatic carbocycles. The van der Waals surface area contributed by atoms with E-state index in [4.69, 9.17) is 4.74 Å². The summed E-state index contributed by atoms with van der Waals surface area (Å²) in [6, 6.07) is -0.623. The Morgan fingerprint density at radius 2 is 0.654 bits per heavy atom. The van der Waals surface area contributed by atoms with E-state index in [0.717, 1.165) is 51.4 Å². The number of esters is 1. The van der Waals surface area contributed by atoms with Gasteiger partial charge in [-0.1, -0.05) is 326 Å². The van der Waals surface area contributed by atoms with Gasteiger partial charge in [-0.15, -0.1) is 0 Å². The van der Waals surface area contributed by atoms with Crippen LogP contribution in [0.4, 0.5) is 0 Å². The van der Waals surface area contributed by atoms with E-state index in [1.54, 1.807) is 6.08 Å². The highest BCUT2D eigenvalue weighted by Gasteiger charge is 2.18. The third-order valence-electron chi connectivity index (χ3n) is 16.1. The number of nitrogens with one attached hydrogen (secondary N) is 1. The highest BCUT2D eigenvalue weighted by molar-refractivity contribution is 5.76. The maximum absolute atomic E-state index is 12.4. The summed E-state index contributed by atoms with van der Waals surface area (Å²) >= 11 is 0. The average Bonchev–Trinajstić information content (AvgIpc) is 3.44. The fraction of sp³-hybridized carbons (Fsp3) is 0.861. The summed E-state index contributed by atoms with van der Waals surface area (Å²) in [6.07, 6.45) is 87.9. The van der Waals surface area contributed by atoms with Crippen molar-refractivity contribution in [3.05, 3.63) is 48.6 Å². The van der Waals surface area contributed by atoms with Crippen molar-refractivity contribution in [1.82, 2.24) is 5.32 Å². The second kappa shape index (κ2) is 67.3. The molecule has 458 valence electrons. The van der Waals surface area contributed by atoms with Gasteiger partial charge in [-0.2, -0.15) is 0 Å². The molecule has 2 unspecified atom stereocenters. The molecule has 1 amide bonds. The first kappa shape index (κ1) is 75.8. The van der Waals surface area contributed by atoms with Gasteiger partial charge in [-0.25, -0.2) is 0 Å². The second-order valence-corrected chi connectivity index (χ2v) is 23.9. The van der Waals surface area contributed by atoms with Crippen LogP contribution in [-0.4, -0.2) is 47.4 Å². The van der Waals surface area contributed by atoms with Crippen LogP contribution in [0.15, 0.2) is 48.6 Å². The maximum atomic E-state index is 12.4. The first-order valence-corrected chi connectivity index (χ1v) is 34.9. The van der Waals surface area contributed by atoms with Crippen molar-refractivity contribution in [1.29, 1.82) is 0 Å². The molecule has 0 aromatic heterocycles. The molecule has 0 bridgehead atoms. The minimum Gasteiger partial charge on any atom is -0.466 e. The third-order valence-corrected chi connectivity index (χ3v) is 16.1. The van der Waals surface area contributed by atoms with Crippen LogP contribution in [0.2, 0.25) is 0 Å². The molecule has 0 aliphatic heterocycles. The molecule has 2 atom stereocenters. The van der Waals surface area contributed by atoms with Crippen molar-refractivity contribution < 1.29 is 24.5 Å². The van der Waals surface area contributed by atoms with Gasteiger partial charge < -0.3 is 20.3 Å². The van der Waals surface area contributed by atoms with Crippen LogP contribution in [0.3, 0.4) is 0 Å². The van der Waals surface area contributed by atoms with Gasteiger partial charge in [0.25, 0.3) is 0 Å². The zero-order chi connectivity index (χ0) is 56.4. The molecule has 0 aliphatic rings. The standard InChI is InChI=1S/C72H135NO5/c1-3-5-7-9-11-13-15-16-43-46-50-54-58-62-66-72(77)78-67-63-59-55-51-47-44-41-39-37-35-33-31-29-27-25-23-21-19-17-18-20-22-24-26-28-30-32-34-36-38-40-42-45-49-53-57-61-65-71(76)73-69(68-74)70(75)64-60-56-52-48-14-12-10-8-6-4-2/h9,11,15-17,19,60,64,69-70,74-75H,3-8,10,12-14,18,20-59,61-63,65-68H2,1-2H3,(H,73,76)/b11-9-,16-15-,19-17-,64-60+. The monoisotopic (exact) mass is 1090 g/mol. The van der Waals surface area contributed by atoms with Gasteiger partial charge in [0, 0.05) is 12.8 Å². The number of carbonyl (C=O) groups excluding carboxylic acids is 2. The molecule has 6 heteroatoms. The second-order valence-electron chi connectivity index (χ2n) is 23.9. The Bertz CT molecular complexity index is 1310. The summed E-state index contributed by atoms with van der Waals surface area (Å²) in [4.78, 5) is 24.5. The zero-order valence-corrected chi connectivity index (χ0v) is 52.4. The molecule has 0 saturated carbocycles. The van der Waals surface area contributed by atoms with E-state index in [2.05, 4.69) is 55.6 Å². The Morgan fingerprint density at radius 3 is 1.03 bits per heavy atom. The molecule has 0 spiro atoms. The predicted octanol–water partition coefficient (Wildman–Crippen LogP) is 22.5. The predicted molar refractivity (Wildman–Crippen MR) is 342 cm³/mol. The number of amides is 1. The fourth-order valence-electron chi connectivity index (χ4n) is 10.7. The fourth-order valence-corrected chi connectivity index (χ4v) is 10.7. The highest BCUT2D eigenvalue weighted by Crippen LogP contribution is 2.18. The van der Waals surface area contributed by atoms with Crippen LogP contribution in [0, 0.1) is 0 Å². The van der Waals surface area contributed by atoms with Gasteiger partial charge >= 0.3 is 5.97 Å². The lowest BCUT2D eigenvalue weighted by molar-refractivity contribution is -0.143. The number of rotatable bonds is 65. The smallest absolute Gasteiger partial charge is 0.305 e. The van der Waals surface area contributed by atoms with Crippen LogP contribution < -0.4 is 5.32 Å². The molecule has 0 aromatic carbocycles. The van der Waals surface area contributed by atoms with E-state index in [1.165, 1.54) is 295 Å². The molecule has 78 heavy (non-hydrogen) atoms. The Morgan fingerprint density at radius 1 is 0.359 bits per heavy atom. The summed E-state index contributed by atoms with van der Waals surface area (Å²) in [5.41, 5.74) is 0. The minimum atomic E-state index is -0.840. The topological polar surface area (TPSA) is 95.9 Å². The molecule has 6 nitrogen and oxygen atoms in total. The minimum absolute atomic E-state index is 0.00641. The number of carbonyl (C=O) groups is 2. The van der Waals surface area contributed by atoms with Gasteiger partial charge in [0.2, 0.25) is 5.91 Å². The molecular weight excluding hydrogens is 959 g/mol. The van der Waals surface area contributed by atoms with Gasteiger partial charge in [-0.3, -0.25) is 9.59 Å². The van der Waals surface area contributed by atoms with E-state index in [1.807, 2.05) is 6.08 Å². The molecule has 0 saturated heterocycles. The first-order valence-electron chi connectivity index (χ1n) is 34.9. The van der Waals surface area contributed by atoms with Crippen LogP contribution in [0.5, 0.6) is 0 Å². The number of hydrogen-bond donors (Lipinski definition) is 3. The van der Waals surface area contributed by atoms with Crippen molar-refractivity contribution in [2.45, 2.75) is 386 Å². The molecule has 0 radical (unpaired) electrons. The SMILES string of the molecule is CCCC/C=C\C/C=C\CCCCCCCC(=O)OCCCCCCCCCCCCCCCCCC/C=C\CCCCCCCCCCCCCCCCCCCC(=O)NC(CO)C(O)/C=C/CCCCCCCCCC. The number of hydrogen-bond acceptors (Lipinski definition) is 5. The van der Waals surface area contributed by atoms with E-state index in [0.29, 0.717) is 19.4 Å². The van der Waals surface area contributed by atoms with Crippen LogP contribution in [-0.2, 0) is 14.3 Å². The zero-order valence-electron chi connectivity index (χ0n) is 52.4. The number of aliphatic hydroxyl groups excluding tert-OH is 2. The van der Waals surface area contributed by atoms with Gasteiger partial charge in [0.15, 0.2) is 0 Å². The maximum Gasteiger partial charge on any atom is 0.305 e. The van der Waals surface area contributed by atoms with Crippen molar-refractivity contribution in [3.63, 3.8) is 0 Å². The normalized spacial score (nSPS) is 12.8.